The van der Waals surface area contributed by atoms with Crippen molar-refractivity contribution in [3.05, 3.63) is 108 Å². The lowest BCUT2D eigenvalue weighted by Crippen LogP contribution is -2.40. The molecule has 4 heteroatoms. The van der Waals surface area contributed by atoms with Gasteiger partial charge in [-0.15, -0.1) is 0 Å². The number of para-hydroxylation sites is 1. The predicted octanol–water partition coefficient (Wildman–Crippen LogP) is 5.17. The van der Waals surface area contributed by atoms with Gasteiger partial charge in [-0.3, -0.25) is 4.79 Å². The molecule has 1 N–H and O–H groups in total. The number of amides is 1. The number of hydrogen-bond donors (Lipinski definition) is 1. The standard InChI is InChI=1S/C27H26N2O2/c30-27(29-17-19-31-20-18-29)21-26(23-11-5-2-6-12-23)28-25-14-8-7-13-24(25)16-15-22-9-3-1-4-10-22/h1-16,21,28H,17-20H2/b16-15+,26-21+. The number of anilines is 1. The second-order valence-electron chi connectivity index (χ2n) is 7.32. The van der Waals surface area contributed by atoms with Crippen LogP contribution in [0.2, 0.25) is 0 Å². The molecule has 0 bridgehead atoms. The van der Waals surface area contributed by atoms with E-state index in [0.717, 1.165) is 28.1 Å². The van der Waals surface area contributed by atoms with Gasteiger partial charge in [0.15, 0.2) is 0 Å². The zero-order valence-corrected chi connectivity index (χ0v) is 17.4. The van der Waals surface area contributed by atoms with Crippen molar-refractivity contribution in [3.8, 4) is 0 Å². The first kappa shape index (κ1) is 20.6. The smallest absolute Gasteiger partial charge is 0.248 e. The second-order valence-corrected chi connectivity index (χ2v) is 7.32. The molecule has 0 spiro atoms. The Balaban J connectivity index is 1.62. The molecule has 0 aromatic heterocycles. The quantitative estimate of drug-likeness (QED) is 0.450. The molecule has 0 saturated carbocycles. The maximum absolute atomic E-state index is 12.9. The van der Waals surface area contributed by atoms with Gasteiger partial charge in [0, 0.05) is 24.9 Å². The summed E-state index contributed by atoms with van der Waals surface area (Å²) in [6.45, 7) is 2.41. The van der Waals surface area contributed by atoms with Gasteiger partial charge in [0.25, 0.3) is 0 Å². The minimum atomic E-state index is -0.00744. The third-order valence-electron chi connectivity index (χ3n) is 5.16. The third kappa shape index (κ3) is 5.71. The molecular weight excluding hydrogens is 384 g/mol. The van der Waals surface area contributed by atoms with Crippen LogP contribution in [0, 0.1) is 0 Å². The van der Waals surface area contributed by atoms with E-state index in [-0.39, 0.29) is 5.91 Å². The van der Waals surface area contributed by atoms with Crippen LogP contribution in [0.5, 0.6) is 0 Å². The number of nitrogens with one attached hydrogen (secondary N) is 1. The second kappa shape index (κ2) is 10.4. The molecule has 4 nitrogen and oxygen atoms in total. The largest absolute Gasteiger partial charge is 0.378 e. The molecule has 1 heterocycles. The molecule has 0 aliphatic carbocycles. The van der Waals surface area contributed by atoms with Crippen molar-refractivity contribution in [3.63, 3.8) is 0 Å². The fourth-order valence-electron chi connectivity index (χ4n) is 3.46. The number of hydrogen-bond acceptors (Lipinski definition) is 3. The number of carbonyl (C=O) groups excluding carboxylic acids is 1. The fraction of sp³-hybridized carbons (Fsp3) is 0.148. The average Bonchev–Trinajstić information content (AvgIpc) is 2.85. The van der Waals surface area contributed by atoms with Gasteiger partial charge in [-0.25, -0.2) is 0 Å². The number of carbonyl (C=O) groups is 1. The summed E-state index contributed by atoms with van der Waals surface area (Å²) in [5.74, 6) is -0.00744. The molecule has 1 fully saturated rings. The van der Waals surface area contributed by atoms with Crippen LogP contribution in [0.25, 0.3) is 17.8 Å². The maximum Gasteiger partial charge on any atom is 0.248 e. The first-order valence-electron chi connectivity index (χ1n) is 10.5. The minimum absolute atomic E-state index is 0.00744. The zero-order valence-electron chi connectivity index (χ0n) is 17.4. The van der Waals surface area contributed by atoms with E-state index in [1.807, 2.05) is 71.6 Å². The van der Waals surface area contributed by atoms with Gasteiger partial charge in [0.2, 0.25) is 5.91 Å². The SMILES string of the molecule is O=C(/C=C(/Nc1ccccc1/C=C/c1ccccc1)c1ccccc1)N1CCOCC1. The number of rotatable bonds is 6. The highest BCUT2D eigenvalue weighted by molar-refractivity contribution is 5.98. The molecule has 1 aliphatic heterocycles. The van der Waals surface area contributed by atoms with Crippen molar-refractivity contribution < 1.29 is 9.53 Å². The van der Waals surface area contributed by atoms with Gasteiger partial charge in [0.1, 0.15) is 0 Å². The van der Waals surface area contributed by atoms with E-state index < -0.39 is 0 Å². The van der Waals surface area contributed by atoms with Crippen LogP contribution >= 0.6 is 0 Å². The van der Waals surface area contributed by atoms with Crippen LogP contribution < -0.4 is 5.32 Å². The Morgan fingerprint density at radius 1 is 0.806 bits per heavy atom. The Hall–Kier alpha value is -3.63. The highest BCUT2D eigenvalue weighted by Gasteiger charge is 2.16. The summed E-state index contributed by atoms with van der Waals surface area (Å²) in [5, 5.41) is 3.50. The highest BCUT2D eigenvalue weighted by atomic mass is 16.5. The fourth-order valence-corrected chi connectivity index (χ4v) is 3.46. The Morgan fingerprint density at radius 2 is 1.45 bits per heavy atom. The molecule has 0 unspecified atom stereocenters. The summed E-state index contributed by atoms with van der Waals surface area (Å²) in [6, 6.07) is 28.2. The molecule has 1 saturated heterocycles. The van der Waals surface area contributed by atoms with Crippen molar-refractivity contribution in [2.75, 3.05) is 31.6 Å². The highest BCUT2D eigenvalue weighted by Crippen LogP contribution is 2.24. The molecule has 0 atom stereocenters. The first-order valence-corrected chi connectivity index (χ1v) is 10.5. The summed E-state index contributed by atoms with van der Waals surface area (Å²) in [5.41, 5.74) is 4.87. The molecular formula is C27H26N2O2. The van der Waals surface area contributed by atoms with Crippen LogP contribution in [0.4, 0.5) is 5.69 Å². The van der Waals surface area contributed by atoms with E-state index >= 15 is 0 Å². The minimum Gasteiger partial charge on any atom is -0.378 e. The van der Waals surface area contributed by atoms with E-state index in [2.05, 4.69) is 35.7 Å². The third-order valence-corrected chi connectivity index (χ3v) is 5.16. The topological polar surface area (TPSA) is 41.6 Å². The lowest BCUT2D eigenvalue weighted by atomic mass is 10.1. The van der Waals surface area contributed by atoms with E-state index in [4.69, 9.17) is 4.74 Å². The Morgan fingerprint density at radius 3 is 2.19 bits per heavy atom. The summed E-state index contributed by atoms with van der Waals surface area (Å²) in [7, 11) is 0. The lowest BCUT2D eigenvalue weighted by Gasteiger charge is -2.26. The molecule has 3 aromatic carbocycles. The van der Waals surface area contributed by atoms with Crippen molar-refractivity contribution in [1.29, 1.82) is 0 Å². The van der Waals surface area contributed by atoms with Gasteiger partial charge < -0.3 is 15.0 Å². The van der Waals surface area contributed by atoms with Gasteiger partial charge in [-0.05, 0) is 22.8 Å². The van der Waals surface area contributed by atoms with Crippen LogP contribution in [0.3, 0.4) is 0 Å². The van der Waals surface area contributed by atoms with Gasteiger partial charge in [-0.1, -0.05) is 91.0 Å². The summed E-state index contributed by atoms with van der Waals surface area (Å²) >= 11 is 0. The Kier molecular flexibility index (Phi) is 6.93. The van der Waals surface area contributed by atoms with E-state index in [9.17, 15) is 4.79 Å². The normalized spacial score (nSPS) is 14.6. The number of benzene rings is 3. The Bertz CT molecular complexity index is 1050. The summed E-state index contributed by atoms with van der Waals surface area (Å²) < 4.78 is 5.38. The monoisotopic (exact) mass is 410 g/mol. The van der Waals surface area contributed by atoms with Gasteiger partial charge >= 0.3 is 0 Å². The van der Waals surface area contributed by atoms with Crippen molar-refractivity contribution in [2.24, 2.45) is 0 Å². The maximum atomic E-state index is 12.9. The molecule has 0 radical (unpaired) electrons. The van der Waals surface area contributed by atoms with Crippen LogP contribution in [-0.2, 0) is 9.53 Å². The van der Waals surface area contributed by atoms with E-state index in [1.54, 1.807) is 6.08 Å². The van der Waals surface area contributed by atoms with E-state index in [1.165, 1.54) is 0 Å². The molecule has 1 aliphatic rings. The summed E-state index contributed by atoms with van der Waals surface area (Å²) in [6.07, 6.45) is 5.87. The molecule has 3 aromatic rings. The molecule has 156 valence electrons. The van der Waals surface area contributed by atoms with Crippen LogP contribution in [0.1, 0.15) is 16.7 Å². The Labute approximate surface area is 183 Å². The zero-order chi connectivity index (χ0) is 21.3. The van der Waals surface area contributed by atoms with E-state index in [0.29, 0.717) is 26.3 Å². The van der Waals surface area contributed by atoms with Crippen molar-refractivity contribution in [2.45, 2.75) is 0 Å². The molecule has 31 heavy (non-hydrogen) atoms. The number of nitrogens with zero attached hydrogens (tertiary/aromatic N) is 1. The predicted molar refractivity (Wildman–Crippen MR) is 127 cm³/mol. The summed E-state index contributed by atoms with van der Waals surface area (Å²) in [4.78, 5) is 14.7. The first-order chi connectivity index (χ1) is 15.3. The lowest BCUT2D eigenvalue weighted by molar-refractivity contribution is -0.129. The van der Waals surface area contributed by atoms with Gasteiger partial charge in [0.05, 0.1) is 18.9 Å². The van der Waals surface area contributed by atoms with Crippen molar-refractivity contribution >= 4 is 29.4 Å². The number of morpholine rings is 1. The molecule has 4 rings (SSSR count). The van der Waals surface area contributed by atoms with Gasteiger partial charge in [-0.2, -0.15) is 0 Å². The average molecular weight is 411 g/mol. The van der Waals surface area contributed by atoms with Crippen LogP contribution in [-0.4, -0.2) is 37.1 Å². The molecule has 1 amide bonds. The number of ether oxygens (including phenoxy) is 1. The van der Waals surface area contributed by atoms with Crippen LogP contribution in [0.15, 0.2) is 91.0 Å². The van der Waals surface area contributed by atoms with Crippen molar-refractivity contribution in [1.82, 2.24) is 4.90 Å².